The summed E-state index contributed by atoms with van der Waals surface area (Å²) in [7, 11) is 2.09. The van der Waals surface area contributed by atoms with Gasteiger partial charge in [-0.25, -0.2) is 0 Å². The second-order valence-corrected chi connectivity index (χ2v) is 6.50. The fourth-order valence-corrected chi connectivity index (χ4v) is 1.57. The molecule has 0 unspecified atom stereocenters. The zero-order valence-electron chi connectivity index (χ0n) is 13.0. The zero-order valence-corrected chi connectivity index (χ0v) is 16.2. The van der Waals surface area contributed by atoms with Gasteiger partial charge in [-0.1, -0.05) is 6.08 Å². The Kier molecular flexibility index (Phi) is 13.4. The molecule has 0 aliphatic rings. The largest absolute Gasteiger partial charge is 0.357 e. The van der Waals surface area contributed by atoms with Crippen LogP contribution in [0.4, 0.5) is 0 Å². The van der Waals surface area contributed by atoms with E-state index in [2.05, 4.69) is 50.9 Å². The number of unbranched alkanes of at least 4 members (excludes halogenated alkanes) is 1. The van der Waals surface area contributed by atoms with Crippen LogP contribution in [0.1, 0.15) is 33.6 Å². The molecule has 0 saturated carbocycles. The lowest BCUT2D eigenvalue weighted by atomic mass is 10.2. The number of nitrogens with one attached hydrogen (secondary N) is 1. The summed E-state index contributed by atoms with van der Waals surface area (Å²) < 4.78 is 0.197. The third-order valence-corrected chi connectivity index (χ3v) is 3.99. The van der Waals surface area contributed by atoms with E-state index in [-0.39, 0.29) is 28.7 Å². The molecule has 0 aliphatic carbocycles. The fourth-order valence-electron chi connectivity index (χ4n) is 1.38. The number of rotatable bonds is 8. The molecule has 3 nitrogen and oxygen atoms in total. The highest BCUT2D eigenvalue weighted by molar-refractivity contribution is 14.0. The first-order chi connectivity index (χ1) is 8.46. The van der Waals surface area contributed by atoms with Crippen molar-refractivity contribution < 1.29 is 0 Å². The number of hydrogen-bond donors (Lipinski definition) is 1. The van der Waals surface area contributed by atoms with Gasteiger partial charge in [0.25, 0.3) is 0 Å². The Labute approximate surface area is 140 Å². The summed E-state index contributed by atoms with van der Waals surface area (Å²) in [6.45, 7) is 13.1. The van der Waals surface area contributed by atoms with Crippen molar-refractivity contribution in [3.05, 3.63) is 12.7 Å². The first kappa shape index (κ1) is 21.4. The van der Waals surface area contributed by atoms with Crippen LogP contribution in [0.2, 0.25) is 0 Å². The van der Waals surface area contributed by atoms with Crippen molar-refractivity contribution in [3.8, 4) is 0 Å². The molecule has 0 spiro atoms. The Bertz CT molecular complexity index is 267. The van der Waals surface area contributed by atoms with Crippen LogP contribution in [0.5, 0.6) is 0 Å². The quantitative estimate of drug-likeness (QED) is 0.222. The van der Waals surface area contributed by atoms with Crippen LogP contribution in [-0.2, 0) is 0 Å². The van der Waals surface area contributed by atoms with Crippen LogP contribution in [0.25, 0.3) is 0 Å². The number of hydrogen-bond acceptors (Lipinski definition) is 2. The van der Waals surface area contributed by atoms with E-state index in [1.807, 2.05) is 17.8 Å². The van der Waals surface area contributed by atoms with Crippen molar-refractivity contribution in [2.45, 2.75) is 38.4 Å². The van der Waals surface area contributed by atoms with E-state index in [1.165, 1.54) is 0 Å². The molecule has 0 aliphatic heterocycles. The van der Waals surface area contributed by atoms with Gasteiger partial charge in [0.1, 0.15) is 0 Å². The summed E-state index contributed by atoms with van der Waals surface area (Å²) in [5, 5.41) is 3.35. The number of thioether (sulfide) groups is 1. The van der Waals surface area contributed by atoms with Crippen LogP contribution in [0.3, 0.4) is 0 Å². The smallest absolute Gasteiger partial charge is 0.193 e. The van der Waals surface area contributed by atoms with E-state index in [0.717, 1.165) is 38.4 Å². The molecule has 0 heterocycles. The maximum atomic E-state index is 4.72. The molecule has 114 valence electrons. The van der Waals surface area contributed by atoms with Gasteiger partial charge in [-0.05, 0) is 39.9 Å². The summed E-state index contributed by atoms with van der Waals surface area (Å²) >= 11 is 1.85. The Balaban J connectivity index is 0. The average Bonchev–Trinajstić information content (AvgIpc) is 2.34. The second kappa shape index (κ2) is 11.9. The Morgan fingerprint density at radius 3 is 2.58 bits per heavy atom. The predicted molar refractivity (Wildman–Crippen MR) is 101 cm³/mol. The summed E-state index contributed by atoms with van der Waals surface area (Å²) in [6.07, 6.45) is 6.28. The highest BCUT2D eigenvalue weighted by Gasteiger charge is 2.16. The standard InChI is InChI=1S/C14H29N3S.HI/c1-7-9-10-11-17(5)13(15-8-2)16-12-14(3,4)18-6;/h7H,1,8-12H2,2-6H3,(H,15,16);1H. The number of guanidine groups is 1. The number of halogens is 1. The van der Waals surface area contributed by atoms with Gasteiger partial charge in [-0.15, -0.1) is 30.6 Å². The summed E-state index contributed by atoms with van der Waals surface area (Å²) in [5.74, 6) is 1.00. The summed E-state index contributed by atoms with van der Waals surface area (Å²) in [5.41, 5.74) is 0. The van der Waals surface area contributed by atoms with E-state index in [4.69, 9.17) is 4.99 Å². The van der Waals surface area contributed by atoms with E-state index < -0.39 is 0 Å². The molecule has 0 saturated heterocycles. The van der Waals surface area contributed by atoms with E-state index in [1.54, 1.807) is 0 Å². The molecule has 0 atom stereocenters. The molecule has 5 heteroatoms. The van der Waals surface area contributed by atoms with Gasteiger partial charge < -0.3 is 10.2 Å². The molecule has 0 fully saturated rings. The minimum absolute atomic E-state index is 0. The third kappa shape index (κ3) is 10.5. The number of aliphatic imine (C=N–C) groups is 1. The molecule has 0 bridgehead atoms. The van der Waals surface area contributed by atoms with Gasteiger partial charge in [-0.3, -0.25) is 4.99 Å². The minimum Gasteiger partial charge on any atom is -0.357 e. The van der Waals surface area contributed by atoms with Crippen molar-refractivity contribution in [3.63, 3.8) is 0 Å². The Morgan fingerprint density at radius 2 is 2.11 bits per heavy atom. The first-order valence-electron chi connectivity index (χ1n) is 6.62. The molecule has 0 aromatic carbocycles. The maximum Gasteiger partial charge on any atom is 0.193 e. The minimum atomic E-state index is 0. The van der Waals surface area contributed by atoms with Gasteiger partial charge in [0.15, 0.2) is 5.96 Å². The fraction of sp³-hybridized carbons (Fsp3) is 0.786. The molecule has 0 radical (unpaired) electrons. The monoisotopic (exact) mass is 399 g/mol. The molecule has 0 rings (SSSR count). The lowest BCUT2D eigenvalue weighted by Gasteiger charge is -2.24. The molecular formula is C14H30IN3S. The lowest BCUT2D eigenvalue weighted by Crippen LogP contribution is -2.40. The number of allylic oxidation sites excluding steroid dienone is 1. The van der Waals surface area contributed by atoms with E-state index in [0.29, 0.717) is 0 Å². The Hall–Kier alpha value is 0.0900. The average molecular weight is 399 g/mol. The number of nitrogens with zero attached hydrogens (tertiary/aromatic N) is 2. The molecule has 19 heavy (non-hydrogen) atoms. The first-order valence-corrected chi connectivity index (χ1v) is 7.84. The second-order valence-electron chi connectivity index (χ2n) is 4.99. The van der Waals surface area contributed by atoms with Crippen LogP contribution in [0.15, 0.2) is 17.6 Å². The molecule has 0 aromatic heterocycles. The predicted octanol–water partition coefficient (Wildman–Crippen LogP) is 3.61. The van der Waals surface area contributed by atoms with Crippen LogP contribution in [0, 0.1) is 0 Å². The van der Waals surface area contributed by atoms with Crippen molar-refractivity contribution in [2.75, 3.05) is 32.9 Å². The SMILES string of the molecule is C=CCCCN(C)C(=NCC(C)(C)SC)NCC.I. The van der Waals surface area contributed by atoms with Crippen LogP contribution < -0.4 is 5.32 Å². The molecule has 1 N–H and O–H groups in total. The van der Waals surface area contributed by atoms with E-state index in [9.17, 15) is 0 Å². The molecule has 0 aromatic rings. The van der Waals surface area contributed by atoms with Gasteiger partial charge in [0.05, 0.1) is 6.54 Å². The van der Waals surface area contributed by atoms with Crippen molar-refractivity contribution >= 4 is 41.7 Å². The van der Waals surface area contributed by atoms with Gasteiger partial charge >= 0.3 is 0 Å². The van der Waals surface area contributed by atoms with Crippen molar-refractivity contribution in [1.82, 2.24) is 10.2 Å². The summed E-state index contributed by atoms with van der Waals surface area (Å²) in [6, 6.07) is 0. The van der Waals surface area contributed by atoms with Crippen molar-refractivity contribution in [1.29, 1.82) is 0 Å². The van der Waals surface area contributed by atoms with Gasteiger partial charge in [0, 0.05) is 24.9 Å². The van der Waals surface area contributed by atoms with E-state index >= 15 is 0 Å². The summed E-state index contributed by atoms with van der Waals surface area (Å²) in [4.78, 5) is 6.92. The lowest BCUT2D eigenvalue weighted by molar-refractivity contribution is 0.468. The highest BCUT2D eigenvalue weighted by atomic mass is 127. The maximum absolute atomic E-state index is 4.72. The molecule has 0 amide bonds. The van der Waals surface area contributed by atoms with Crippen LogP contribution >= 0.6 is 35.7 Å². The Morgan fingerprint density at radius 1 is 1.47 bits per heavy atom. The topological polar surface area (TPSA) is 27.6 Å². The van der Waals surface area contributed by atoms with Gasteiger partial charge in [0.2, 0.25) is 0 Å². The van der Waals surface area contributed by atoms with Crippen molar-refractivity contribution in [2.24, 2.45) is 4.99 Å². The highest BCUT2D eigenvalue weighted by Crippen LogP contribution is 2.21. The molecular weight excluding hydrogens is 369 g/mol. The van der Waals surface area contributed by atoms with Crippen LogP contribution in [-0.4, -0.2) is 48.5 Å². The van der Waals surface area contributed by atoms with Gasteiger partial charge in [-0.2, -0.15) is 11.8 Å². The third-order valence-electron chi connectivity index (χ3n) is 2.76. The zero-order chi connectivity index (χ0) is 14.0. The normalized spacial score (nSPS) is 11.7.